The third-order valence-electron chi connectivity index (χ3n) is 5.05. The lowest BCUT2D eigenvalue weighted by Crippen LogP contribution is -2.37. The number of carbonyl (C=O) groups is 1. The Morgan fingerprint density at radius 3 is 2.76 bits per heavy atom. The van der Waals surface area contributed by atoms with Gasteiger partial charge in [0.25, 0.3) is 5.89 Å². The molecule has 0 radical (unpaired) electrons. The van der Waals surface area contributed by atoms with Crippen molar-refractivity contribution in [2.45, 2.75) is 50.1 Å². The van der Waals surface area contributed by atoms with E-state index in [-0.39, 0.29) is 5.91 Å². The summed E-state index contributed by atoms with van der Waals surface area (Å²) in [5.74, 6) is 1.31. The average molecular weight is 409 g/mol. The van der Waals surface area contributed by atoms with Crippen LogP contribution in [0, 0.1) is 6.92 Å². The number of carbonyl (C=O) groups excluding carboxylic acids is 1. The second-order valence-electron chi connectivity index (χ2n) is 7.34. The van der Waals surface area contributed by atoms with Gasteiger partial charge in [-0.25, -0.2) is 4.98 Å². The van der Waals surface area contributed by atoms with E-state index in [0.29, 0.717) is 28.5 Å². The molecule has 2 aromatic heterocycles. The predicted molar refractivity (Wildman–Crippen MR) is 113 cm³/mol. The van der Waals surface area contributed by atoms with Crippen molar-refractivity contribution in [3.8, 4) is 22.8 Å². The fourth-order valence-electron chi connectivity index (χ4n) is 3.47. The van der Waals surface area contributed by atoms with Gasteiger partial charge in [-0.2, -0.15) is 4.98 Å². The maximum absolute atomic E-state index is 12.3. The van der Waals surface area contributed by atoms with Crippen molar-refractivity contribution in [2.24, 2.45) is 0 Å². The number of aromatic nitrogens is 3. The van der Waals surface area contributed by atoms with E-state index in [4.69, 9.17) is 4.52 Å². The number of nitrogens with one attached hydrogen (secondary N) is 1. The summed E-state index contributed by atoms with van der Waals surface area (Å²) in [5, 5.41) is 7.96. The summed E-state index contributed by atoms with van der Waals surface area (Å²) in [6.45, 7) is 2.04. The topological polar surface area (TPSA) is 80.9 Å². The zero-order chi connectivity index (χ0) is 20.1. The molecule has 29 heavy (non-hydrogen) atoms. The zero-order valence-corrected chi connectivity index (χ0v) is 17.2. The zero-order valence-electron chi connectivity index (χ0n) is 16.4. The Balaban J connectivity index is 1.44. The van der Waals surface area contributed by atoms with Crippen molar-refractivity contribution in [1.29, 1.82) is 0 Å². The highest BCUT2D eigenvalue weighted by Crippen LogP contribution is 2.30. The van der Waals surface area contributed by atoms with E-state index in [1.807, 2.05) is 43.3 Å². The molecule has 1 N–H and O–H groups in total. The minimum atomic E-state index is 0.0457. The number of amides is 1. The van der Waals surface area contributed by atoms with Crippen LogP contribution in [0.5, 0.6) is 0 Å². The van der Waals surface area contributed by atoms with Gasteiger partial charge in [-0.1, -0.05) is 66.0 Å². The molecular weight excluding hydrogens is 384 g/mol. The number of aryl methyl sites for hydroxylation is 1. The number of benzene rings is 1. The van der Waals surface area contributed by atoms with Crippen LogP contribution in [-0.2, 0) is 4.79 Å². The number of thioether (sulfide) groups is 1. The maximum Gasteiger partial charge on any atom is 0.260 e. The quantitative estimate of drug-likeness (QED) is 0.598. The van der Waals surface area contributed by atoms with E-state index in [0.717, 1.165) is 24.0 Å². The number of nitrogens with zero attached hydrogens (tertiary/aromatic N) is 3. The fraction of sp³-hybridized carbons (Fsp3) is 0.364. The summed E-state index contributed by atoms with van der Waals surface area (Å²) in [4.78, 5) is 21.3. The van der Waals surface area contributed by atoms with Crippen molar-refractivity contribution in [3.63, 3.8) is 0 Å². The monoisotopic (exact) mass is 408 g/mol. The summed E-state index contributed by atoms with van der Waals surface area (Å²) in [7, 11) is 0. The summed E-state index contributed by atoms with van der Waals surface area (Å²) in [6.07, 6.45) is 7.53. The second kappa shape index (κ2) is 9.22. The van der Waals surface area contributed by atoms with Crippen molar-refractivity contribution in [1.82, 2.24) is 20.4 Å². The van der Waals surface area contributed by atoms with Gasteiger partial charge in [0.1, 0.15) is 5.03 Å². The molecule has 1 amide bonds. The van der Waals surface area contributed by atoms with Crippen LogP contribution in [0.1, 0.15) is 37.7 Å². The number of rotatable bonds is 6. The van der Waals surface area contributed by atoms with Crippen LogP contribution in [0.3, 0.4) is 0 Å². The van der Waals surface area contributed by atoms with E-state index >= 15 is 0 Å². The molecule has 1 fully saturated rings. The lowest BCUT2D eigenvalue weighted by atomic mass is 9.95. The third kappa shape index (κ3) is 5.03. The van der Waals surface area contributed by atoms with Crippen LogP contribution in [0.2, 0.25) is 0 Å². The second-order valence-corrected chi connectivity index (χ2v) is 8.30. The molecule has 0 saturated heterocycles. The molecule has 0 bridgehead atoms. The Labute approximate surface area is 174 Å². The first-order valence-corrected chi connectivity index (χ1v) is 11.0. The van der Waals surface area contributed by atoms with Gasteiger partial charge in [0.15, 0.2) is 0 Å². The van der Waals surface area contributed by atoms with Gasteiger partial charge in [0.2, 0.25) is 11.7 Å². The molecular formula is C22H24N4O2S. The van der Waals surface area contributed by atoms with Gasteiger partial charge < -0.3 is 9.84 Å². The van der Waals surface area contributed by atoms with Crippen LogP contribution >= 0.6 is 11.8 Å². The first-order chi connectivity index (χ1) is 14.2. The molecule has 2 heterocycles. The van der Waals surface area contributed by atoms with Gasteiger partial charge in [-0.05, 0) is 31.9 Å². The average Bonchev–Trinajstić information content (AvgIpc) is 3.24. The smallest absolute Gasteiger partial charge is 0.260 e. The van der Waals surface area contributed by atoms with Crippen molar-refractivity contribution >= 4 is 17.7 Å². The Bertz CT molecular complexity index is 965. The van der Waals surface area contributed by atoms with E-state index in [1.54, 1.807) is 6.20 Å². The normalized spacial score (nSPS) is 14.7. The number of hydrogen-bond donors (Lipinski definition) is 1. The molecule has 0 aliphatic heterocycles. The van der Waals surface area contributed by atoms with Crippen LogP contribution < -0.4 is 5.32 Å². The number of pyridine rings is 1. The molecule has 1 aliphatic carbocycles. The van der Waals surface area contributed by atoms with Crippen LogP contribution in [0.15, 0.2) is 52.1 Å². The number of hydrogen-bond acceptors (Lipinski definition) is 6. The van der Waals surface area contributed by atoms with Crippen molar-refractivity contribution in [3.05, 3.63) is 48.2 Å². The maximum atomic E-state index is 12.3. The molecule has 7 heteroatoms. The summed E-state index contributed by atoms with van der Waals surface area (Å²) < 4.78 is 5.49. The molecule has 0 unspecified atom stereocenters. The molecule has 0 spiro atoms. The highest BCUT2D eigenvalue weighted by Gasteiger charge is 2.18. The molecule has 6 nitrogen and oxygen atoms in total. The lowest BCUT2D eigenvalue weighted by Gasteiger charge is -2.22. The largest absolute Gasteiger partial charge is 0.353 e. The SMILES string of the molecule is Cc1ccc(-c2noc(-c3cccnc3SCC(=O)NC3CCCCC3)n2)cc1. The van der Waals surface area contributed by atoms with Crippen LogP contribution in [-0.4, -0.2) is 32.8 Å². The van der Waals surface area contributed by atoms with Crippen molar-refractivity contribution < 1.29 is 9.32 Å². The highest BCUT2D eigenvalue weighted by molar-refractivity contribution is 8.00. The minimum absolute atomic E-state index is 0.0457. The Hall–Kier alpha value is -2.67. The molecule has 4 rings (SSSR count). The molecule has 1 saturated carbocycles. The first-order valence-electron chi connectivity index (χ1n) is 9.97. The lowest BCUT2D eigenvalue weighted by molar-refractivity contribution is -0.119. The van der Waals surface area contributed by atoms with Gasteiger partial charge in [-0.15, -0.1) is 0 Å². The summed E-state index contributed by atoms with van der Waals surface area (Å²) in [6, 6.07) is 12.0. The Morgan fingerprint density at radius 1 is 1.17 bits per heavy atom. The highest BCUT2D eigenvalue weighted by atomic mass is 32.2. The van der Waals surface area contributed by atoms with Crippen LogP contribution in [0.4, 0.5) is 0 Å². The molecule has 0 atom stereocenters. The van der Waals surface area contributed by atoms with E-state index in [9.17, 15) is 4.79 Å². The first kappa shape index (κ1) is 19.6. The molecule has 3 aromatic rings. The minimum Gasteiger partial charge on any atom is -0.353 e. The van der Waals surface area contributed by atoms with Gasteiger partial charge in [0, 0.05) is 17.8 Å². The molecule has 1 aromatic carbocycles. The van der Waals surface area contributed by atoms with Gasteiger partial charge >= 0.3 is 0 Å². The summed E-state index contributed by atoms with van der Waals surface area (Å²) >= 11 is 1.39. The standard InChI is InChI=1S/C22H24N4O2S/c1-15-9-11-16(12-10-15)20-25-21(28-26-20)18-8-5-13-23-22(18)29-14-19(27)24-17-6-3-2-4-7-17/h5,8-13,17H,2-4,6-7,14H2,1H3,(H,24,27). The summed E-state index contributed by atoms with van der Waals surface area (Å²) in [5.41, 5.74) is 2.82. The fourth-order valence-corrected chi connectivity index (χ4v) is 4.27. The Morgan fingerprint density at radius 2 is 1.97 bits per heavy atom. The van der Waals surface area contributed by atoms with E-state index < -0.39 is 0 Å². The van der Waals surface area contributed by atoms with Gasteiger partial charge in [0.05, 0.1) is 11.3 Å². The van der Waals surface area contributed by atoms with E-state index in [2.05, 4.69) is 20.4 Å². The van der Waals surface area contributed by atoms with Crippen molar-refractivity contribution in [2.75, 3.05) is 5.75 Å². The predicted octanol–water partition coefficient (Wildman–Crippen LogP) is 4.65. The molecule has 1 aliphatic rings. The molecule has 150 valence electrons. The third-order valence-corrected chi connectivity index (χ3v) is 6.05. The van der Waals surface area contributed by atoms with Crippen LogP contribution in [0.25, 0.3) is 22.8 Å². The Kier molecular flexibility index (Phi) is 6.24. The van der Waals surface area contributed by atoms with Gasteiger partial charge in [-0.3, -0.25) is 4.79 Å². The van der Waals surface area contributed by atoms with E-state index in [1.165, 1.54) is 36.6 Å².